The predicted molar refractivity (Wildman–Crippen MR) is 249 cm³/mol. The van der Waals surface area contributed by atoms with Gasteiger partial charge in [-0.25, -0.2) is 0 Å². The molecule has 0 radical (unpaired) electrons. The van der Waals surface area contributed by atoms with Gasteiger partial charge in [-0.2, -0.15) is 0 Å². The molecular weight excluding hydrogens is 973 g/mol. The van der Waals surface area contributed by atoms with Gasteiger partial charge in [0, 0.05) is 39.2 Å². The molecule has 6 aliphatic heterocycles. The first-order valence-electron chi connectivity index (χ1n) is 26.3. The number of aliphatic hydroxyl groups is 9. The summed E-state index contributed by atoms with van der Waals surface area (Å²) in [5, 5.41) is 108. The second-order valence-corrected chi connectivity index (χ2v) is 20.8. The summed E-state index contributed by atoms with van der Waals surface area (Å²) in [6.45, 7) is 10.1. The van der Waals surface area contributed by atoms with Gasteiger partial charge >= 0.3 is 5.97 Å². The monoisotopic (exact) mass is 1060 g/mol. The summed E-state index contributed by atoms with van der Waals surface area (Å²) in [4.78, 5) is 11.2. The summed E-state index contributed by atoms with van der Waals surface area (Å²) in [7, 11) is 1.49. The largest absolute Gasteiger partial charge is 0.481 e. The Morgan fingerprint density at radius 1 is 0.534 bits per heavy atom. The van der Waals surface area contributed by atoms with E-state index in [1.54, 1.807) is 34.6 Å². The number of aliphatic carboxylic acids is 1. The van der Waals surface area contributed by atoms with Crippen molar-refractivity contribution in [3.05, 3.63) is 0 Å². The van der Waals surface area contributed by atoms with E-state index in [-0.39, 0.29) is 45.1 Å². The van der Waals surface area contributed by atoms with Crippen molar-refractivity contribution in [1.29, 1.82) is 0 Å². The van der Waals surface area contributed by atoms with E-state index < -0.39 is 178 Å². The SMILES string of the molecule is CCCCCC(CCCC(O)CC(=O)O)OC1OC(COC2OC(C)C(OC3CC(O)C(O)C(C)O3)CC2O)C(O)C(O)C1OC1CC(O)C(OC2CC(O)C(OC3CC(O)C(OC)C(C)O3)C(C)O2)C(C)O1. The van der Waals surface area contributed by atoms with Crippen LogP contribution in [-0.2, 0) is 66.4 Å². The minimum atomic E-state index is -1.67. The highest BCUT2D eigenvalue weighted by Gasteiger charge is 2.51. The van der Waals surface area contributed by atoms with Crippen LogP contribution in [0.5, 0.6) is 0 Å². The first-order valence-corrected chi connectivity index (χ1v) is 26.3. The standard InChI is InChI=1S/C49H86O24/c1-8-9-10-13-28(14-11-12-27(50)15-36(56)57)68-49-47(43(60)42(59)35(70-49)21-62-48-33(55)16-34(22(2)67-48)69-37-17-29(51)41(58)23(3)63-37)73-40-20-32(54)46(26(6)66-40)72-39-19-31(53)45(25(5)65-39)71-38-18-30(52)44(61-7)24(4)64-38/h22-35,37-55,58-60H,8-21H2,1-7H3,(H,56,57). The van der Waals surface area contributed by atoms with Crippen molar-refractivity contribution in [2.24, 2.45) is 0 Å². The summed E-state index contributed by atoms with van der Waals surface area (Å²) in [6.07, 6.45) is -23.0. The van der Waals surface area contributed by atoms with Crippen LogP contribution in [-0.4, -0.2) is 237 Å². The Morgan fingerprint density at radius 2 is 1.05 bits per heavy atom. The molecule has 0 spiro atoms. The van der Waals surface area contributed by atoms with Crippen molar-refractivity contribution < 1.29 is 117 Å². The summed E-state index contributed by atoms with van der Waals surface area (Å²) < 4.78 is 78.9. The number of unbranched alkanes of at least 4 members (excludes halogenated alkanes) is 2. The molecule has 73 heavy (non-hydrogen) atoms. The average molecular weight is 1060 g/mol. The van der Waals surface area contributed by atoms with Gasteiger partial charge in [0.05, 0.1) is 86.3 Å². The molecule has 0 saturated carbocycles. The third-order valence-electron chi connectivity index (χ3n) is 14.8. The van der Waals surface area contributed by atoms with Crippen LogP contribution in [0.25, 0.3) is 0 Å². The molecule has 6 saturated heterocycles. The zero-order valence-electron chi connectivity index (χ0n) is 43.2. The van der Waals surface area contributed by atoms with Gasteiger partial charge in [0.1, 0.15) is 54.9 Å². The maximum absolute atomic E-state index is 11.8. The summed E-state index contributed by atoms with van der Waals surface area (Å²) in [5.41, 5.74) is 0. The number of hydrogen-bond acceptors (Lipinski definition) is 23. The number of carbonyl (C=O) groups is 1. The number of methoxy groups -OCH3 is 1. The van der Waals surface area contributed by atoms with Gasteiger partial charge in [-0.3, -0.25) is 4.79 Å². The molecule has 0 amide bonds. The molecule has 0 aromatic rings. The molecular formula is C49H86O24. The number of ether oxygens (including phenoxy) is 13. The molecule has 0 aromatic carbocycles. The van der Waals surface area contributed by atoms with Crippen molar-refractivity contribution in [1.82, 2.24) is 0 Å². The fourth-order valence-electron chi connectivity index (χ4n) is 10.6. The lowest BCUT2D eigenvalue weighted by Crippen LogP contribution is -2.63. The molecule has 6 rings (SSSR count). The summed E-state index contributed by atoms with van der Waals surface area (Å²) in [6, 6.07) is 0. The minimum absolute atomic E-state index is 0.0189. The van der Waals surface area contributed by atoms with Crippen molar-refractivity contribution in [3.8, 4) is 0 Å². The fourth-order valence-corrected chi connectivity index (χ4v) is 10.6. The number of hydrogen-bond donors (Lipinski definition) is 10. The molecule has 24 nitrogen and oxygen atoms in total. The first-order chi connectivity index (χ1) is 34.6. The van der Waals surface area contributed by atoms with Crippen LogP contribution in [0.1, 0.15) is 125 Å². The molecule has 0 aliphatic carbocycles. The lowest BCUT2D eigenvalue weighted by molar-refractivity contribution is -0.369. The smallest absolute Gasteiger partial charge is 0.305 e. The number of rotatable bonds is 24. The number of carboxylic acid groups (broad SMARTS) is 1. The molecule has 6 heterocycles. The van der Waals surface area contributed by atoms with Crippen LogP contribution in [0, 0.1) is 0 Å². The van der Waals surface area contributed by atoms with Gasteiger partial charge in [0.2, 0.25) is 0 Å². The van der Waals surface area contributed by atoms with E-state index in [4.69, 9.17) is 61.6 Å². The number of carboxylic acids is 1. The Bertz CT molecular complexity index is 1570. The minimum Gasteiger partial charge on any atom is -0.481 e. The average Bonchev–Trinajstić information content (AvgIpc) is 3.31. The fraction of sp³-hybridized carbons (Fsp3) is 0.980. The Balaban J connectivity index is 1.08. The van der Waals surface area contributed by atoms with Gasteiger partial charge in [-0.1, -0.05) is 26.2 Å². The summed E-state index contributed by atoms with van der Waals surface area (Å²) >= 11 is 0. The van der Waals surface area contributed by atoms with Crippen molar-refractivity contribution in [2.45, 2.75) is 291 Å². The second kappa shape index (κ2) is 28.5. The lowest BCUT2D eigenvalue weighted by Gasteiger charge is -2.47. The second-order valence-electron chi connectivity index (χ2n) is 20.8. The normalized spacial score (nSPS) is 45.7. The van der Waals surface area contributed by atoms with Crippen LogP contribution in [0.2, 0.25) is 0 Å². The van der Waals surface area contributed by atoms with Crippen LogP contribution < -0.4 is 0 Å². The van der Waals surface area contributed by atoms with Gasteiger partial charge in [0.25, 0.3) is 0 Å². The van der Waals surface area contributed by atoms with Gasteiger partial charge in [-0.15, -0.1) is 0 Å². The van der Waals surface area contributed by atoms with Gasteiger partial charge in [-0.05, 0) is 60.3 Å². The third-order valence-corrected chi connectivity index (χ3v) is 14.8. The Hall–Kier alpha value is -1.41. The van der Waals surface area contributed by atoms with Crippen LogP contribution >= 0.6 is 0 Å². The molecule has 10 N–H and O–H groups in total. The Kier molecular flexibility index (Phi) is 23.7. The Labute approximate surface area is 427 Å². The molecule has 426 valence electrons. The highest BCUT2D eigenvalue weighted by molar-refractivity contribution is 5.67. The van der Waals surface area contributed by atoms with E-state index in [0.29, 0.717) is 19.3 Å². The van der Waals surface area contributed by atoms with Gasteiger partial charge in [0.15, 0.2) is 37.7 Å². The van der Waals surface area contributed by atoms with Crippen LogP contribution in [0.3, 0.4) is 0 Å². The molecule has 6 fully saturated rings. The molecule has 6 aliphatic rings. The van der Waals surface area contributed by atoms with E-state index in [9.17, 15) is 55.9 Å². The zero-order chi connectivity index (χ0) is 53.3. The van der Waals surface area contributed by atoms with Gasteiger partial charge < -0.3 is 113 Å². The van der Waals surface area contributed by atoms with E-state index in [1.165, 1.54) is 7.11 Å². The highest BCUT2D eigenvalue weighted by atomic mass is 16.8. The van der Waals surface area contributed by atoms with Crippen molar-refractivity contribution >= 4 is 5.97 Å². The van der Waals surface area contributed by atoms with Crippen LogP contribution in [0.15, 0.2) is 0 Å². The zero-order valence-corrected chi connectivity index (χ0v) is 43.2. The topological polar surface area (TPSA) is 339 Å². The van der Waals surface area contributed by atoms with Crippen LogP contribution in [0.4, 0.5) is 0 Å². The number of aliphatic hydroxyl groups excluding tert-OH is 9. The third kappa shape index (κ3) is 16.8. The molecule has 0 bridgehead atoms. The quantitative estimate of drug-likeness (QED) is 0.0561. The van der Waals surface area contributed by atoms with E-state index in [0.717, 1.165) is 19.3 Å². The highest BCUT2D eigenvalue weighted by Crippen LogP contribution is 2.36. The van der Waals surface area contributed by atoms with E-state index in [2.05, 4.69) is 0 Å². The molecule has 27 unspecified atom stereocenters. The summed E-state index contributed by atoms with van der Waals surface area (Å²) in [5.74, 6) is -1.12. The van der Waals surface area contributed by atoms with Crippen molar-refractivity contribution in [3.63, 3.8) is 0 Å². The maximum atomic E-state index is 11.8. The van der Waals surface area contributed by atoms with Crippen molar-refractivity contribution in [2.75, 3.05) is 13.7 Å². The molecule has 24 heteroatoms. The Morgan fingerprint density at radius 3 is 1.59 bits per heavy atom. The van der Waals surface area contributed by atoms with E-state index >= 15 is 0 Å². The lowest BCUT2D eigenvalue weighted by atomic mass is 9.97. The molecule has 27 atom stereocenters. The first kappa shape index (κ1) is 60.8. The predicted octanol–water partition coefficient (Wildman–Crippen LogP) is -0.183. The molecule has 0 aromatic heterocycles. The van der Waals surface area contributed by atoms with E-state index in [1.807, 2.05) is 6.92 Å². The maximum Gasteiger partial charge on any atom is 0.305 e.